The minimum Gasteiger partial charge on any atom is -0.378 e. The van der Waals surface area contributed by atoms with Crippen LogP contribution in [0.5, 0.6) is 0 Å². The van der Waals surface area contributed by atoms with E-state index in [4.69, 9.17) is 0 Å². The third-order valence-corrected chi connectivity index (χ3v) is 2.51. The van der Waals surface area contributed by atoms with Crippen molar-refractivity contribution in [2.75, 3.05) is 13.1 Å². The predicted molar refractivity (Wildman–Crippen MR) is 50.9 cm³/mol. The molecule has 72 valence electrons. The molecule has 2 heteroatoms. The molecular weight excluding hydrogens is 150 g/mol. The minimum absolute atomic E-state index is 0.00264. The zero-order chi connectivity index (χ0) is 9.19. The monoisotopic (exact) mass is 171 g/mol. The van der Waals surface area contributed by atoms with Crippen molar-refractivity contribution >= 4 is 0 Å². The van der Waals surface area contributed by atoms with E-state index in [1.54, 1.807) is 0 Å². The highest BCUT2D eigenvalue weighted by molar-refractivity contribution is 4.76. The summed E-state index contributed by atoms with van der Waals surface area (Å²) in [5, 5.41) is 9.94. The molecule has 2 nitrogen and oxygen atoms in total. The van der Waals surface area contributed by atoms with Gasteiger partial charge in [-0.25, -0.2) is 0 Å². The maximum atomic E-state index is 9.94. The van der Waals surface area contributed by atoms with Crippen molar-refractivity contribution in [2.45, 2.75) is 46.3 Å². The number of rotatable bonds is 1. The Morgan fingerprint density at radius 2 is 1.58 bits per heavy atom. The van der Waals surface area contributed by atoms with Crippen LogP contribution in [0.1, 0.15) is 40.0 Å². The van der Waals surface area contributed by atoms with Crippen LogP contribution in [0.3, 0.4) is 0 Å². The second kappa shape index (κ2) is 3.75. The van der Waals surface area contributed by atoms with Crippen molar-refractivity contribution in [2.24, 2.45) is 5.41 Å². The van der Waals surface area contributed by atoms with Crippen LogP contribution in [0.2, 0.25) is 0 Å². The molecule has 0 spiro atoms. The summed E-state index contributed by atoms with van der Waals surface area (Å²) in [4.78, 5) is 2.20. The average Bonchev–Trinajstić information content (AvgIpc) is 2.03. The Labute approximate surface area is 75.6 Å². The summed E-state index contributed by atoms with van der Waals surface area (Å²) in [7, 11) is 0. The van der Waals surface area contributed by atoms with E-state index >= 15 is 0 Å². The van der Waals surface area contributed by atoms with Gasteiger partial charge in [-0.1, -0.05) is 27.2 Å². The fourth-order valence-electron chi connectivity index (χ4n) is 1.71. The topological polar surface area (TPSA) is 23.5 Å². The van der Waals surface area contributed by atoms with Gasteiger partial charge in [-0.15, -0.1) is 0 Å². The van der Waals surface area contributed by atoms with E-state index in [0.717, 1.165) is 13.1 Å². The van der Waals surface area contributed by atoms with Crippen LogP contribution in [-0.2, 0) is 0 Å². The van der Waals surface area contributed by atoms with Gasteiger partial charge in [0.2, 0.25) is 0 Å². The molecule has 1 saturated heterocycles. The van der Waals surface area contributed by atoms with Gasteiger partial charge >= 0.3 is 0 Å². The van der Waals surface area contributed by atoms with Crippen LogP contribution < -0.4 is 0 Å². The van der Waals surface area contributed by atoms with Crippen molar-refractivity contribution in [1.29, 1.82) is 0 Å². The van der Waals surface area contributed by atoms with Crippen molar-refractivity contribution in [3.63, 3.8) is 0 Å². The first-order valence-electron chi connectivity index (χ1n) is 4.94. The Hall–Kier alpha value is -0.0800. The standard InChI is InChI=1S/C10H21NO/c1-10(2,3)9(12)11-7-5-4-6-8-11/h9,12H,4-8H2,1-3H3. The SMILES string of the molecule is CC(C)(C)C(O)N1CCCCC1. The molecule has 1 rings (SSSR count). The lowest BCUT2D eigenvalue weighted by molar-refractivity contribution is -0.0778. The van der Waals surface area contributed by atoms with E-state index in [1.807, 2.05) is 0 Å². The molecule has 12 heavy (non-hydrogen) atoms. The molecule has 1 N–H and O–H groups in total. The van der Waals surface area contributed by atoms with Crippen molar-refractivity contribution in [3.8, 4) is 0 Å². The third-order valence-electron chi connectivity index (χ3n) is 2.51. The first-order valence-corrected chi connectivity index (χ1v) is 4.94. The molecular formula is C10H21NO. The maximum Gasteiger partial charge on any atom is 0.112 e. The highest BCUT2D eigenvalue weighted by Crippen LogP contribution is 2.24. The van der Waals surface area contributed by atoms with Gasteiger partial charge in [0.25, 0.3) is 0 Å². The summed E-state index contributed by atoms with van der Waals surface area (Å²) in [5.41, 5.74) is -0.00264. The number of nitrogens with zero attached hydrogens (tertiary/aromatic N) is 1. The number of likely N-dealkylation sites (tertiary alicyclic amines) is 1. The third kappa shape index (κ3) is 2.46. The fourth-order valence-corrected chi connectivity index (χ4v) is 1.71. The molecule has 0 amide bonds. The van der Waals surface area contributed by atoms with Gasteiger partial charge in [-0.2, -0.15) is 0 Å². The van der Waals surface area contributed by atoms with E-state index in [9.17, 15) is 5.11 Å². The Morgan fingerprint density at radius 1 is 1.08 bits per heavy atom. The molecule has 0 saturated carbocycles. The summed E-state index contributed by atoms with van der Waals surface area (Å²) in [6.07, 6.45) is 3.55. The second-order valence-electron chi connectivity index (χ2n) is 4.84. The van der Waals surface area contributed by atoms with E-state index < -0.39 is 0 Å². The zero-order valence-corrected chi connectivity index (χ0v) is 8.51. The first kappa shape index (κ1) is 10.0. The number of hydrogen-bond acceptors (Lipinski definition) is 2. The van der Waals surface area contributed by atoms with E-state index in [2.05, 4.69) is 25.7 Å². The zero-order valence-electron chi connectivity index (χ0n) is 8.51. The molecule has 0 aliphatic carbocycles. The van der Waals surface area contributed by atoms with Crippen LogP contribution in [0.25, 0.3) is 0 Å². The lowest BCUT2D eigenvalue weighted by Gasteiger charge is -2.38. The van der Waals surface area contributed by atoms with Crippen LogP contribution >= 0.6 is 0 Å². The highest BCUT2D eigenvalue weighted by atomic mass is 16.3. The fraction of sp³-hybridized carbons (Fsp3) is 1.00. The molecule has 0 aromatic heterocycles. The molecule has 1 unspecified atom stereocenters. The Balaban J connectivity index is 2.45. The van der Waals surface area contributed by atoms with Gasteiger partial charge in [0.1, 0.15) is 6.23 Å². The Bertz CT molecular complexity index is 133. The van der Waals surface area contributed by atoms with Gasteiger partial charge in [0.05, 0.1) is 0 Å². The molecule has 1 fully saturated rings. The number of piperidine rings is 1. The maximum absolute atomic E-state index is 9.94. The molecule has 1 aliphatic rings. The number of aliphatic hydroxyl groups excluding tert-OH is 1. The quantitative estimate of drug-likeness (QED) is 0.650. The van der Waals surface area contributed by atoms with E-state index in [0.29, 0.717) is 0 Å². The lowest BCUT2D eigenvalue weighted by Crippen LogP contribution is -2.46. The summed E-state index contributed by atoms with van der Waals surface area (Å²) in [6, 6.07) is 0. The smallest absolute Gasteiger partial charge is 0.112 e. The molecule has 0 radical (unpaired) electrons. The van der Waals surface area contributed by atoms with Gasteiger partial charge in [0, 0.05) is 18.5 Å². The van der Waals surface area contributed by atoms with E-state index in [-0.39, 0.29) is 11.6 Å². The number of hydrogen-bond donors (Lipinski definition) is 1. The van der Waals surface area contributed by atoms with Crippen LogP contribution in [0.15, 0.2) is 0 Å². The van der Waals surface area contributed by atoms with Crippen LogP contribution in [0, 0.1) is 5.41 Å². The van der Waals surface area contributed by atoms with Gasteiger partial charge in [0.15, 0.2) is 0 Å². The molecule has 0 bridgehead atoms. The largest absolute Gasteiger partial charge is 0.378 e. The van der Waals surface area contributed by atoms with Crippen molar-refractivity contribution in [1.82, 2.24) is 4.90 Å². The Morgan fingerprint density at radius 3 is 2.00 bits per heavy atom. The number of aliphatic hydroxyl groups is 1. The molecule has 1 heterocycles. The van der Waals surface area contributed by atoms with Crippen molar-refractivity contribution in [3.05, 3.63) is 0 Å². The summed E-state index contributed by atoms with van der Waals surface area (Å²) < 4.78 is 0. The Kier molecular flexibility index (Phi) is 3.13. The lowest BCUT2D eigenvalue weighted by atomic mass is 9.92. The second-order valence-corrected chi connectivity index (χ2v) is 4.84. The minimum atomic E-state index is -0.266. The molecule has 1 atom stereocenters. The summed E-state index contributed by atoms with van der Waals surface area (Å²) >= 11 is 0. The van der Waals surface area contributed by atoms with Crippen LogP contribution in [-0.4, -0.2) is 29.3 Å². The van der Waals surface area contributed by atoms with Crippen LogP contribution in [0.4, 0.5) is 0 Å². The van der Waals surface area contributed by atoms with E-state index in [1.165, 1.54) is 19.3 Å². The van der Waals surface area contributed by atoms with Crippen molar-refractivity contribution < 1.29 is 5.11 Å². The predicted octanol–water partition coefficient (Wildman–Crippen LogP) is 1.84. The highest BCUT2D eigenvalue weighted by Gasteiger charge is 2.28. The molecule has 0 aromatic rings. The summed E-state index contributed by atoms with van der Waals surface area (Å²) in [5.74, 6) is 0. The summed E-state index contributed by atoms with van der Waals surface area (Å²) in [6.45, 7) is 8.40. The van der Waals surface area contributed by atoms with Gasteiger partial charge < -0.3 is 5.11 Å². The van der Waals surface area contributed by atoms with Gasteiger partial charge in [-0.3, -0.25) is 4.90 Å². The molecule has 1 aliphatic heterocycles. The first-order chi connectivity index (χ1) is 5.52. The van der Waals surface area contributed by atoms with Gasteiger partial charge in [-0.05, 0) is 12.8 Å². The molecule has 0 aromatic carbocycles. The normalized spacial score (nSPS) is 24.0. The average molecular weight is 171 g/mol.